The van der Waals surface area contributed by atoms with Crippen molar-refractivity contribution in [2.24, 2.45) is 0 Å². The highest BCUT2D eigenvalue weighted by Crippen LogP contribution is 2.39. The van der Waals surface area contributed by atoms with Crippen LogP contribution in [0.25, 0.3) is 33.1 Å². The van der Waals surface area contributed by atoms with E-state index in [0.29, 0.717) is 18.1 Å². The Hall–Kier alpha value is -4.14. The van der Waals surface area contributed by atoms with E-state index in [1.807, 2.05) is 24.3 Å². The zero-order valence-corrected chi connectivity index (χ0v) is 23.0. The molecular formula is C32H34N4O4. The maximum atomic E-state index is 6.26. The van der Waals surface area contributed by atoms with Gasteiger partial charge in [-0.1, -0.05) is 30.3 Å². The number of ether oxygens (including phenoxy) is 4. The highest BCUT2D eigenvalue weighted by Gasteiger charge is 2.18. The highest BCUT2D eigenvalue weighted by molar-refractivity contribution is 6.03. The lowest BCUT2D eigenvalue weighted by Gasteiger charge is -2.26. The fraction of sp³-hybridized carbons (Fsp3) is 0.312. The molecule has 3 aromatic carbocycles. The number of nitrogens with zero attached hydrogens (tertiary/aromatic N) is 4. The molecule has 0 aliphatic carbocycles. The molecule has 0 N–H and O–H groups in total. The van der Waals surface area contributed by atoms with Crippen molar-refractivity contribution in [3.8, 4) is 28.5 Å². The summed E-state index contributed by atoms with van der Waals surface area (Å²) in [5.74, 6) is 2.18. The van der Waals surface area contributed by atoms with Crippen LogP contribution in [0.1, 0.15) is 12.0 Å². The van der Waals surface area contributed by atoms with Crippen molar-refractivity contribution in [3.05, 3.63) is 78.8 Å². The molecule has 40 heavy (non-hydrogen) atoms. The Kier molecular flexibility index (Phi) is 7.79. The molecular weight excluding hydrogens is 504 g/mol. The average molecular weight is 539 g/mol. The van der Waals surface area contributed by atoms with Gasteiger partial charge in [-0.3, -0.25) is 4.90 Å². The van der Waals surface area contributed by atoms with E-state index in [-0.39, 0.29) is 0 Å². The second-order valence-corrected chi connectivity index (χ2v) is 9.94. The number of methoxy groups -OCH3 is 2. The third-order valence-corrected chi connectivity index (χ3v) is 7.44. The summed E-state index contributed by atoms with van der Waals surface area (Å²) < 4.78 is 25.2. The summed E-state index contributed by atoms with van der Waals surface area (Å²) in [5.41, 5.74) is 4.99. The first kappa shape index (κ1) is 26.1. The topological polar surface area (TPSA) is 70.9 Å². The molecule has 0 amide bonds. The van der Waals surface area contributed by atoms with E-state index in [0.717, 1.165) is 84.6 Å². The second kappa shape index (κ2) is 11.9. The minimum Gasteiger partial charge on any atom is -0.497 e. The molecule has 0 atom stereocenters. The van der Waals surface area contributed by atoms with Crippen molar-refractivity contribution in [2.75, 3.05) is 53.7 Å². The number of aromatic nitrogens is 3. The number of fused-ring (bicyclic) bond motifs is 2. The predicted molar refractivity (Wildman–Crippen MR) is 156 cm³/mol. The average Bonchev–Trinajstić information content (AvgIpc) is 3.36. The maximum Gasteiger partial charge on any atom is 0.162 e. The lowest BCUT2D eigenvalue weighted by Crippen LogP contribution is -2.37. The predicted octanol–water partition coefficient (Wildman–Crippen LogP) is 5.42. The van der Waals surface area contributed by atoms with Gasteiger partial charge in [0.2, 0.25) is 0 Å². The van der Waals surface area contributed by atoms with Crippen molar-refractivity contribution in [2.45, 2.75) is 13.0 Å². The van der Waals surface area contributed by atoms with E-state index in [9.17, 15) is 0 Å². The Bertz CT molecular complexity index is 1600. The van der Waals surface area contributed by atoms with Crippen LogP contribution in [0, 0.1) is 0 Å². The van der Waals surface area contributed by atoms with E-state index in [2.05, 4.69) is 57.0 Å². The van der Waals surface area contributed by atoms with Gasteiger partial charge in [0.25, 0.3) is 0 Å². The molecule has 1 saturated heterocycles. The van der Waals surface area contributed by atoms with E-state index in [4.69, 9.17) is 23.9 Å². The van der Waals surface area contributed by atoms with Gasteiger partial charge in [-0.2, -0.15) is 0 Å². The molecule has 8 heteroatoms. The van der Waals surface area contributed by atoms with Gasteiger partial charge in [0.15, 0.2) is 11.5 Å². The fourth-order valence-electron chi connectivity index (χ4n) is 5.34. The van der Waals surface area contributed by atoms with Crippen LogP contribution in [0.2, 0.25) is 0 Å². The zero-order valence-electron chi connectivity index (χ0n) is 23.0. The van der Waals surface area contributed by atoms with Gasteiger partial charge in [0, 0.05) is 60.8 Å². The molecule has 1 fully saturated rings. The smallest absolute Gasteiger partial charge is 0.162 e. The normalized spacial score (nSPS) is 14.1. The van der Waals surface area contributed by atoms with Crippen LogP contribution in [-0.4, -0.2) is 73.1 Å². The van der Waals surface area contributed by atoms with Crippen LogP contribution in [0.4, 0.5) is 0 Å². The van der Waals surface area contributed by atoms with Crippen molar-refractivity contribution in [1.29, 1.82) is 0 Å². The summed E-state index contributed by atoms with van der Waals surface area (Å²) >= 11 is 0. The van der Waals surface area contributed by atoms with Crippen molar-refractivity contribution >= 4 is 21.8 Å². The zero-order chi connectivity index (χ0) is 27.3. The van der Waals surface area contributed by atoms with E-state index >= 15 is 0 Å². The van der Waals surface area contributed by atoms with E-state index in [1.54, 1.807) is 20.5 Å². The van der Waals surface area contributed by atoms with Crippen LogP contribution in [0.3, 0.4) is 0 Å². The molecule has 1 aliphatic rings. The second-order valence-electron chi connectivity index (χ2n) is 9.94. The fourth-order valence-corrected chi connectivity index (χ4v) is 5.34. The molecule has 6 rings (SSSR count). The van der Waals surface area contributed by atoms with Gasteiger partial charge in [0.05, 0.1) is 50.8 Å². The summed E-state index contributed by atoms with van der Waals surface area (Å²) in [5, 5.41) is 2.02. The summed E-state index contributed by atoms with van der Waals surface area (Å²) in [7, 11) is 3.36. The quantitative estimate of drug-likeness (QED) is 0.220. The first-order valence-electron chi connectivity index (χ1n) is 13.7. The first-order chi connectivity index (χ1) is 19.7. The summed E-state index contributed by atoms with van der Waals surface area (Å²) in [6, 6.07) is 20.6. The summed E-state index contributed by atoms with van der Waals surface area (Å²) in [6.07, 6.45) is 4.71. The number of rotatable bonds is 10. The van der Waals surface area contributed by atoms with Gasteiger partial charge in [-0.05, 0) is 30.2 Å². The van der Waals surface area contributed by atoms with Crippen molar-refractivity contribution in [3.63, 3.8) is 0 Å². The third-order valence-electron chi connectivity index (χ3n) is 7.44. The van der Waals surface area contributed by atoms with Gasteiger partial charge >= 0.3 is 0 Å². The van der Waals surface area contributed by atoms with Gasteiger partial charge in [-0.15, -0.1) is 0 Å². The minimum absolute atomic E-state index is 0.596. The number of morpholine rings is 1. The number of benzene rings is 3. The molecule has 0 unspecified atom stereocenters. The molecule has 5 aromatic rings. The maximum absolute atomic E-state index is 6.26. The third kappa shape index (κ3) is 5.46. The molecule has 0 radical (unpaired) electrons. The van der Waals surface area contributed by atoms with Gasteiger partial charge < -0.3 is 23.5 Å². The molecule has 206 valence electrons. The molecule has 0 saturated carbocycles. The Morgan fingerprint density at radius 1 is 0.875 bits per heavy atom. The molecule has 1 aliphatic heterocycles. The largest absolute Gasteiger partial charge is 0.497 e. The van der Waals surface area contributed by atoms with Crippen molar-refractivity contribution in [1.82, 2.24) is 19.4 Å². The summed E-state index contributed by atoms with van der Waals surface area (Å²) in [4.78, 5) is 11.8. The van der Waals surface area contributed by atoms with Crippen LogP contribution in [0.15, 0.2) is 73.2 Å². The SMILES string of the molecule is COc1ccc2c(-c3ncnc4cc(OC)c(OCCCN5CCOCC5)cc34)cn(Cc3ccccc3)c2c1. The van der Waals surface area contributed by atoms with Crippen LogP contribution in [0.5, 0.6) is 17.2 Å². The van der Waals surface area contributed by atoms with Gasteiger partial charge in [0.1, 0.15) is 12.1 Å². The lowest BCUT2D eigenvalue weighted by atomic mass is 10.0. The Morgan fingerprint density at radius 2 is 1.73 bits per heavy atom. The first-order valence-corrected chi connectivity index (χ1v) is 13.7. The lowest BCUT2D eigenvalue weighted by molar-refractivity contribution is 0.0357. The molecule has 3 heterocycles. The minimum atomic E-state index is 0.596. The molecule has 0 bridgehead atoms. The Morgan fingerprint density at radius 3 is 2.52 bits per heavy atom. The van der Waals surface area contributed by atoms with Crippen LogP contribution < -0.4 is 14.2 Å². The standard InChI is InChI=1S/C32H34N4O4/c1-37-24-9-10-25-27(21-36(29(25)17-24)20-23-7-4-3-5-8-23)32-26-18-31(30(38-2)19-28(26)33-22-34-32)40-14-6-11-35-12-15-39-16-13-35/h3-5,7-10,17-19,21-22H,6,11-16,20H2,1-2H3. The molecule has 8 nitrogen and oxygen atoms in total. The van der Waals surface area contributed by atoms with Gasteiger partial charge in [-0.25, -0.2) is 9.97 Å². The summed E-state index contributed by atoms with van der Waals surface area (Å²) in [6.45, 7) is 5.87. The number of hydrogen-bond acceptors (Lipinski definition) is 7. The van der Waals surface area contributed by atoms with Crippen LogP contribution >= 0.6 is 0 Å². The van der Waals surface area contributed by atoms with Crippen LogP contribution in [-0.2, 0) is 11.3 Å². The number of hydrogen-bond donors (Lipinski definition) is 0. The van der Waals surface area contributed by atoms with Crippen molar-refractivity contribution < 1.29 is 18.9 Å². The Labute approximate surface area is 234 Å². The highest BCUT2D eigenvalue weighted by atomic mass is 16.5. The molecule has 2 aromatic heterocycles. The Balaban J connectivity index is 1.36. The molecule has 0 spiro atoms. The monoisotopic (exact) mass is 538 g/mol. The van der Waals surface area contributed by atoms with E-state index in [1.165, 1.54) is 5.56 Å². The van der Waals surface area contributed by atoms with E-state index < -0.39 is 0 Å².